The first-order chi connectivity index (χ1) is 11.4. The summed E-state index contributed by atoms with van der Waals surface area (Å²) >= 11 is 0. The maximum atomic E-state index is 13.0. The van der Waals surface area contributed by atoms with E-state index >= 15 is 0 Å². The van der Waals surface area contributed by atoms with Crippen LogP contribution in [0.25, 0.3) is 0 Å². The van der Waals surface area contributed by atoms with Gasteiger partial charge in [0.25, 0.3) is 0 Å². The minimum Gasteiger partial charge on any atom is -0.479 e. The van der Waals surface area contributed by atoms with E-state index in [2.05, 4.69) is 16.9 Å². The fourth-order valence-electron chi connectivity index (χ4n) is 1.90. The highest BCUT2D eigenvalue weighted by Gasteiger charge is 2.40. The van der Waals surface area contributed by atoms with Gasteiger partial charge < -0.3 is 15.2 Å². The summed E-state index contributed by atoms with van der Waals surface area (Å²) in [5, 5.41) is 20.7. The molecule has 1 atom stereocenters. The molecule has 24 heavy (non-hydrogen) atoms. The first-order valence-corrected chi connectivity index (χ1v) is 7.13. The van der Waals surface area contributed by atoms with Crippen LogP contribution in [0, 0.1) is 17.1 Å². The van der Waals surface area contributed by atoms with Gasteiger partial charge in [0.2, 0.25) is 5.91 Å². The van der Waals surface area contributed by atoms with Crippen LogP contribution in [-0.4, -0.2) is 34.1 Å². The van der Waals surface area contributed by atoms with E-state index in [-0.39, 0.29) is 13.0 Å². The summed E-state index contributed by atoms with van der Waals surface area (Å²) in [6.07, 6.45) is 3.89. The molecule has 8 heteroatoms. The quantitative estimate of drug-likeness (QED) is 0.627. The van der Waals surface area contributed by atoms with Gasteiger partial charge in [-0.05, 0) is 18.1 Å². The van der Waals surface area contributed by atoms with E-state index in [1.54, 1.807) is 6.07 Å². The number of hydrogen-bond donors (Lipinski definition) is 2. The molecule has 0 spiro atoms. The van der Waals surface area contributed by atoms with Crippen molar-refractivity contribution in [2.75, 3.05) is 6.61 Å². The van der Waals surface area contributed by atoms with E-state index in [1.807, 2.05) is 0 Å². The van der Waals surface area contributed by atoms with Crippen LogP contribution in [0.2, 0.25) is 0 Å². The molecule has 0 bridgehead atoms. The van der Waals surface area contributed by atoms with Gasteiger partial charge in [0.15, 0.2) is 5.54 Å². The van der Waals surface area contributed by atoms with E-state index in [1.165, 1.54) is 18.3 Å². The average molecular weight is 335 g/mol. The molecule has 1 amide bonds. The van der Waals surface area contributed by atoms with Crippen LogP contribution < -0.4 is 5.32 Å². The summed E-state index contributed by atoms with van der Waals surface area (Å²) in [5.74, 6) is -2.45. The molecule has 0 fully saturated rings. The molecule has 0 saturated carbocycles. The number of allylic oxidation sites excluding steroid dienone is 1. The third-order valence-corrected chi connectivity index (χ3v) is 3.12. The van der Waals surface area contributed by atoms with Gasteiger partial charge in [-0.15, -0.1) is 6.58 Å². The topological polar surface area (TPSA) is 112 Å². The van der Waals surface area contributed by atoms with E-state index < -0.39 is 36.3 Å². The Hall–Kier alpha value is -2.79. The molecule has 1 unspecified atom stereocenters. The number of ether oxygens (including phenoxy) is 1. The van der Waals surface area contributed by atoms with Gasteiger partial charge in [0.1, 0.15) is 5.82 Å². The molecule has 0 aliphatic rings. The molecule has 128 valence electrons. The fraction of sp³-hybridized carbons (Fsp3) is 0.375. The Morgan fingerprint density at radius 1 is 1.54 bits per heavy atom. The lowest BCUT2D eigenvalue weighted by Crippen LogP contribution is -2.57. The van der Waals surface area contributed by atoms with Crippen molar-refractivity contribution in [1.29, 1.82) is 5.26 Å². The number of nitrogens with zero attached hydrogens (tertiary/aromatic N) is 2. The molecular weight excluding hydrogens is 317 g/mol. The number of hydrogen-bond acceptors (Lipinski definition) is 5. The molecule has 7 nitrogen and oxygen atoms in total. The van der Waals surface area contributed by atoms with Crippen LogP contribution in [0.5, 0.6) is 0 Å². The smallest absolute Gasteiger partial charge is 0.332 e. The molecule has 0 saturated heterocycles. The minimum absolute atomic E-state index is 0.0533. The Morgan fingerprint density at radius 2 is 2.29 bits per heavy atom. The molecule has 2 N–H and O–H groups in total. The first-order valence-electron chi connectivity index (χ1n) is 7.13. The number of amides is 1. The number of carbonyl (C=O) groups excluding carboxylic acids is 1. The molecule has 0 aliphatic heterocycles. The van der Waals surface area contributed by atoms with Gasteiger partial charge in [-0.2, -0.15) is 5.26 Å². The molecule has 1 aromatic heterocycles. The predicted octanol–water partition coefficient (Wildman–Crippen LogP) is 1.56. The van der Waals surface area contributed by atoms with Crippen LogP contribution in [0.15, 0.2) is 31.1 Å². The molecule has 1 rings (SSSR count). The molecule has 0 aliphatic carbocycles. The molecule has 0 radical (unpaired) electrons. The number of carboxylic acid groups (broad SMARTS) is 1. The standard InChI is InChI=1S/C16H18FN3O4/c1-2-3-4-14(21)20-16(5-6-18,15(22)23)11-24-10-12-7-13(17)9-19-8-12/h2,7-9H,1,3-5,10-11H2,(H,20,21)(H,22,23). The number of aromatic nitrogens is 1. The predicted molar refractivity (Wildman–Crippen MR) is 82.0 cm³/mol. The largest absolute Gasteiger partial charge is 0.479 e. The number of nitriles is 1. The third-order valence-electron chi connectivity index (χ3n) is 3.12. The van der Waals surface area contributed by atoms with Crippen LogP contribution in [0.3, 0.4) is 0 Å². The Labute approximate surface area is 138 Å². The molecular formula is C16H18FN3O4. The van der Waals surface area contributed by atoms with E-state index in [0.717, 1.165) is 6.20 Å². The van der Waals surface area contributed by atoms with Crippen LogP contribution in [-0.2, 0) is 20.9 Å². The zero-order valence-electron chi connectivity index (χ0n) is 13.0. The lowest BCUT2D eigenvalue weighted by atomic mass is 9.96. The Bertz CT molecular complexity index is 644. The Balaban J connectivity index is 2.77. The number of carboxylic acids is 1. The Kier molecular flexibility index (Phi) is 7.52. The normalized spacial score (nSPS) is 12.7. The van der Waals surface area contributed by atoms with E-state index in [0.29, 0.717) is 12.0 Å². The monoisotopic (exact) mass is 335 g/mol. The summed E-state index contributed by atoms with van der Waals surface area (Å²) in [6, 6.07) is 2.94. The van der Waals surface area contributed by atoms with Crippen LogP contribution >= 0.6 is 0 Å². The molecule has 1 aromatic rings. The van der Waals surface area contributed by atoms with Crippen LogP contribution in [0.4, 0.5) is 4.39 Å². The van der Waals surface area contributed by atoms with Gasteiger partial charge in [-0.1, -0.05) is 6.08 Å². The van der Waals surface area contributed by atoms with E-state index in [9.17, 15) is 19.1 Å². The third kappa shape index (κ3) is 5.78. The van der Waals surface area contributed by atoms with Gasteiger partial charge in [-0.3, -0.25) is 9.78 Å². The maximum Gasteiger partial charge on any atom is 0.332 e. The van der Waals surface area contributed by atoms with Crippen molar-refractivity contribution in [3.8, 4) is 6.07 Å². The maximum absolute atomic E-state index is 13.0. The highest BCUT2D eigenvalue weighted by Crippen LogP contribution is 2.14. The van der Waals surface area contributed by atoms with Crippen molar-refractivity contribution in [1.82, 2.24) is 10.3 Å². The SMILES string of the molecule is C=CCCC(=O)NC(CC#N)(COCc1cncc(F)c1)C(=O)O. The summed E-state index contributed by atoms with van der Waals surface area (Å²) < 4.78 is 18.3. The lowest BCUT2D eigenvalue weighted by molar-refractivity contribution is -0.150. The molecule has 0 aromatic carbocycles. The van der Waals surface area contributed by atoms with E-state index in [4.69, 9.17) is 10.00 Å². The van der Waals surface area contributed by atoms with Crippen molar-refractivity contribution < 1.29 is 23.8 Å². The number of carbonyl (C=O) groups is 2. The van der Waals surface area contributed by atoms with Crippen molar-refractivity contribution >= 4 is 11.9 Å². The van der Waals surface area contributed by atoms with Crippen molar-refractivity contribution in [3.05, 3.63) is 42.5 Å². The van der Waals surface area contributed by atoms with Crippen LogP contribution in [0.1, 0.15) is 24.8 Å². The number of aliphatic carboxylic acids is 1. The van der Waals surface area contributed by atoms with Gasteiger partial charge >= 0.3 is 5.97 Å². The second kappa shape index (κ2) is 9.37. The summed E-state index contributed by atoms with van der Waals surface area (Å²) in [7, 11) is 0. The number of halogens is 1. The van der Waals surface area contributed by atoms with Crippen molar-refractivity contribution in [3.63, 3.8) is 0 Å². The highest BCUT2D eigenvalue weighted by molar-refractivity contribution is 5.87. The zero-order valence-corrected chi connectivity index (χ0v) is 13.0. The lowest BCUT2D eigenvalue weighted by Gasteiger charge is -2.28. The highest BCUT2D eigenvalue weighted by atomic mass is 19.1. The summed E-state index contributed by atoms with van der Waals surface area (Å²) in [4.78, 5) is 27.1. The second-order valence-electron chi connectivity index (χ2n) is 5.10. The molecule has 1 heterocycles. The first kappa shape index (κ1) is 19.3. The van der Waals surface area contributed by atoms with Crippen molar-refractivity contribution in [2.24, 2.45) is 0 Å². The number of rotatable bonds is 10. The average Bonchev–Trinajstić information content (AvgIpc) is 2.53. The summed E-state index contributed by atoms with van der Waals surface area (Å²) in [6.45, 7) is 2.94. The van der Waals surface area contributed by atoms with Crippen molar-refractivity contribution in [2.45, 2.75) is 31.4 Å². The van der Waals surface area contributed by atoms with Gasteiger partial charge in [0, 0.05) is 12.6 Å². The minimum atomic E-state index is -1.87. The summed E-state index contributed by atoms with van der Waals surface area (Å²) in [5.41, 5.74) is -1.46. The Morgan fingerprint density at radius 3 is 2.88 bits per heavy atom. The fourth-order valence-corrected chi connectivity index (χ4v) is 1.90. The second-order valence-corrected chi connectivity index (χ2v) is 5.10. The number of pyridine rings is 1. The zero-order chi connectivity index (χ0) is 18.0. The van der Waals surface area contributed by atoms with Gasteiger partial charge in [-0.25, -0.2) is 9.18 Å². The number of nitrogens with one attached hydrogen (secondary N) is 1. The van der Waals surface area contributed by atoms with Gasteiger partial charge in [0.05, 0.1) is 31.9 Å².